The van der Waals surface area contributed by atoms with E-state index in [2.05, 4.69) is 30.9 Å². The standard InChI is InChI=1S/C22H23F3N4O/c1-26-17-10-13-28(15-17)21-20(16-4-2-11-27-14-16)5-3-12-29(21)18-6-8-19(9-7-18)30-22(23,24)25/h2-9,11-12,14,17,21,26H,10,13,15H2,1H3/t17?,21-/m0/s1. The number of hydrogen-bond acceptors (Lipinski definition) is 5. The molecule has 0 saturated carbocycles. The molecule has 4 rings (SSSR count). The zero-order valence-corrected chi connectivity index (χ0v) is 16.5. The van der Waals surface area contributed by atoms with Crippen molar-refractivity contribution < 1.29 is 17.9 Å². The topological polar surface area (TPSA) is 40.6 Å². The van der Waals surface area contributed by atoms with Crippen LogP contribution in [0, 0.1) is 0 Å². The van der Waals surface area contributed by atoms with Crippen molar-refractivity contribution in [2.75, 3.05) is 25.0 Å². The molecule has 1 aromatic carbocycles. The highest BCUT2D eigenvalue weighted by atomic mass is 19.4. The van der Waals surface area contributed by atoms with Gasteiger partial charge in [0.25, 0.3) is 0 Å². The van der Waals surface area contributed by atoms with Gasteiger partial charge in [0.15, 0.2) is 0 Å². The number of allylic oxidation sites excluding steroid dienone is 2. The first-order chi connectivity index (χ1) is 14.4. The summed E-state index contributed by atoms with van der Waals surface area (Å²) in [4.78, 5) is 8.72. The molecule has 0 bridgehead atoms. The van der Waals surface area contributed by atoms with E-state index in [0.717, 1.165) is 36.3 Å². The van der Waals surface area contributed by atoms with Gasteiger partial charge in [-0.3, -0.25) is 9.88 Å². The van der Waals surface area contributed by atoms with Gasteiger partial charge in [-0.05, 0) is 61.0 Å². The minimum atomic E-state index is -4.71. The molecule has 0 radical (unpaired) electrons. The van der Waals surface area contributed by atoms with Crippen LogP contribution >= 0.6 is 0 Å². The molecule has 30 heavy (non-hydrogen) atoms. The largest absolute Gasteiger partial charge is 0.573 e. The fraction of sp³-hybridized carbons (Fsp3) is 0.318. The molecule has 2 atom stereocenters. The maximum absolute atomic E-state index is 12.5. The van der Waals surface area contributed by atoms with Crippen molar-refractivity contribution in [3.8, 4) is 5.75 Å². The molecule has 5 nitrogen and oxygen atoms in total. The monoisotopic (exact) mass is 416 g/mol. The second-order valence-corrected chi connectivity index (χ2v) is 7.30. The van der Waals surface area contributed by atoms with Gasteiger partial charge in [0.05, 0.1) is 0 Å². The van der Waals surface area contributed by atoms with E-state index < -0.39 is 6.36 Å². The van der Waals surface area contributed by atoms with Crippen molar-refractivity contribution in [2.24, 2.45) is 0 Å². The van der Waals surface area contributed by atoms with Crippen molar-refractivity contribution in [3.63, 3.8) is 0 Å². The summed E-state index contributed by atoms with van der Waals surface area (Å²) in [7, 11) is 1.96. The average Bonchev–Trinajstić information content (AvgIpc) is 3.22. The van der Waals surface area contributed by atoms with Crippen LogP contribution in [0.1, 0.15) is 12.0 Å². The first-order valence-electron chi connectivity index (χ1n) is 9.79. The molecule has 1 unspecified atom stereocenters. The van der Waals surface area contributed by atoms with Crippen molar-refractivity contribution in [1.82, 2.24) is 15.2 Å². The lowest BCUT2D eigenvalue weighted by molar-refractivity contribution is -0.274. The molecule has 8 heteroatoms. The van der Waals surface area contributed by atoms with E-state index in [1.807, 2.05) is 37.7 Å². The van der Waals surface area contributed by atoms with E-state index in [1.54, 1.807) is 18.3 Å². The highest BCUT2D eigenvalue weighted by Gasteiger charge is 2.35. The number of likely N-dealkylation sites (tertiary alicyclic amines) is 1. The highest BCUT2D eigenvalue weighted by molar-refractivity contribution is 5.76. The van der Waals surface area contributed by atoms with Gasteiger partial charge in [-0.1, -0.05) is 12.1 Å². The molecular weight excluding hydrogens is 393 g/mol. The van der Waals surface area contributed by atoms with Crippen LogP contribution in [0.15, 0.2) is 67.1 Å². The van der Waals surface area contributed by atoms with E-state index in [1.165, 1.54) is 12.1 Å². The normalized spacial score (nSPS) is 22.3. The van der Waals surface area contributed by atoms with Crippen LogP contribution < -0.4 is 15.0 Å². The SMILES string of the molecule is CNC1CCN([C@@H]2C(c3cccnc3)=CC=CN2c2ccc(OC(F)(F)F)cc2)C1. The number of likely N-dealkylation sites (N-methyl/N-ethyl adjacent to an activating group) is 1. The maximum Gasteiger partial charge on any atom is 0.573 e. The van der Waals surface area contributed by atoms with Crippen molar-refractivity contribution in [1.29, 1.82) is 0 Å². The predicted octanol–water partition coefficient (Wildman–Crippen LogP) is 4.02. The van der Waals surface area contributed by atoms with Gasteiger partial charge in [-0.25, -0.2) is 0 Å². The van der Waals surface area contributed by atoms with Gasteiger partial charge in [-0.2, -0.15) is 0 Å². The number of pyridine rings is 1. The molecular formula is C22H23F3N4O. The Morgan fingerprint density at radius 3 is 2.60 bits per heavy atom. The van der Waals surface area contributed by atoms with E-state index >= 15 is 0 Å². The number of alkyl halides is 3. The second-order valence-electron chi connectivity index (χ2n) is 7.30. The molecule has 0 aliphatic carbocycles. The predicted molar refractivity (Wildman–Crippen MR) is 110 cm³/mol. The van der Waals surface area contributed by atoms with Gasteiger partial charge in [-0.15, -0.1) is 13.2 Å². The number of halogens is 3. The van der Waals surface area contributed by atoms with E-state index in [4.69, 9.17) is 0 Å². The Morgan fingerprint density at radius 2 is 1.97 bits per heavy atom. The third-order valence-corrected chi connectivity index (χ3v) is 5.40. The second kappa shape index (κ2) is 8.49. The highest BCUT2D eigenvalue weighted by Crippen LogP contribution is 2.35. The lowest BCUT2D eigenvalue weighted by atomic mass is 10.00. The number of benzene rings is 1. The average molecular weight is 416 g/mol. The molecule has 3 heterocycles. The summed E-state index contributed by atoms with van der Waals surface area (Å²) in [6.07, 6.45) is 5.79. The molecule has 1 saturated heterocycles. The van der Waals surface area contributed by atoms with Crippen LogP contribution in [0.5, 0.6) is 5.75 Å². The fourth-order valence-electron chi connectivity index (χ4n) is 4.00. The molecule has 2 aliphatic rings. The van der Waals surface area contributed by atoms with Crippen LogP contribution in [0.4, 0.5) is 18.9 Å². The van der Waals surface area contributed by atoms with E-state index in [-0.39, 0.29) is 11.9 Å². The summed E-state index contributed by atoms with van der Waals surface area (Å²) in [5.41, 5.74) is 2.90. The summed E-state index contributed by atoms with van der Waals surface area (Å²) >= 11 is 0. The van der Waals surface area contributed by atoms with Crippen LogP contribution in [0.3, 0.4) is 0 Å². The van der Waals surface area contributed by atoms with Crippen molar-refractivity contribution >= 4 is 11.3 Å². The Hall–Kier alpha value is -2.84. The molecule has 1 N–H and O–H groups in total. The van der Waals surface area contributed by atoms with Gasteiger partial charge in [0.2, 0.25) is 0 Å². The number of aromatic nitrogens is 1. The number of rotatable bonds is 5. The number of anilines is 1. The Bertz CT molecular complexity index is 912. The lowest BCUT2D eigenvalue weighted by Crippen LogP contribution is -2.48. The fourth-order valence-corrected chi connectivity index (χ4v) is 4.00. The molecule has 2 aliphatic heterocycles. The number of nitrogens with zero attached hydrogens (tertiary/aromatic N) is 3. The number of ether oxygens (including phenoxy) is 1. The third kappa shape index (κ3) is 4.49. The Morgan fingerprint density at radius 1 is 1.17 bits per heavy atom. The third-order valence-electron chi connectivity index (χ3n) is 5.40. The number of nitrogens with one attached hydrogen (secondary N) is 1. The van der Waals surface area contributed by atoms with E-state index in [0.29, 0.717) is 6.04 Å². The smallest absolute Gasteiger partial charge is 0.406 e. The zero-order valence-electron chi connectivity index (χ0n) is 16.5. The first-order valence-corrected chi connectivity index (χ1v) is 9.79. The van der Waals surface area contributed by atoms with Crippen LogP contribution in [0.25, 0.3) is 5.57 Å². The summed E-state index contributed by atoms with van der Waals surface area (Å²) in [5, 5.41) is 3.34. The molecule has 0 spiro atoms. The minimum absolute atomic E-state index is 0.0908. The first kappa shape index (κ1) is 20.4. The summed E-state index contributed by atoms with van der Waals surface area (Å²) in [5.74, 6) is -0.233. The molecule has 158 valence electrons. The Kier molecular flexibility index (Phi) is 5.78. The molecule has 0 amide bonds. The minimum Gasteiger partial charge on any atom is -0.406 e. The zero-order chi connectivity index (χ0) is 21.1. The summed E-state index contributed by atoms with van der Waals surface area (Å²) < 4.78 is 41.5. The van der Waals surface area contributed by atoms with Gasteiger partial charge >= 0.3 is 6.36 Å². The van der Waals surface area contributed by atoms with E-state index in [9.17, 15) is 13.2 Å². The van der Waals surface area contributed by atoms with Crippen LogP contribution in [-0.2, 0) is 0 Å². The van der Waals surface area contributed by atoms with Crippen molar-refractivity contribution in [3.05, 3.63) is 72.7 Å². The molecule has 1 fully saturated rings. The van der Waals surface area contributed by atoms with Gasteiger partial charge < -0.3 is 15.0 Å². The summed E-state index contributed by atoms with van der Waals surface area (Å²) in [6, 6.07) is 10.3. The Labute approximate surface area is 173 Å². The summed E-state index contributed by atoms with van der Waals surface area (Å²) in [6.45, 7) is 1.78. The Balaban J connectivity index is 1.66. The van der Waals surface area contributed by atoms with Gasteiger partial charge in [0.1, 0.15) is 11.9 Å². The van der Waals surface area contributed by atoms with Crippen LogP contribution in [-0.4, -0.2) is 48.6 Å². The quantitative estimate of drug-likeness (QED) is 0.798. The maximum atomic E-state index is 12.5. The number of hydrogen-bond donors (Lipinski definition) is 1. The molecule has 1 aromatic heterocycles. The van der Waals surface area contributed by atoms with Crippen molar-refractivity contribution in [2.45, 2.75) is 25.0 Å². The van der Waals surface area contributed by atoms with Gasteiger partial charge in [0, 0.05) is 43.4 Å². The van der Waals surface area contributed by atoms with Crippen LogP contribution in [0.2, 0.25) is 0 Å². The molecule has 2 aromatic rings. The lowest BCUT2D eigenvalue weighted by Gasteiger charge is -2.40.